The second-order valence-corrected chi connectivity index (χ2v) is 9.79. The van der Waals surface area contributed by atoms with Gasteiger partial charge in [0, 0.05) is 37.9 Å². The molecule has 1 N–H and O–H groups in total. The number of amides is 1. The molecule has 0 spiro atoms. The fourth-order valence-electron chi connectivity index (χ4n) is 3.81. The molecule has 1 saturated heterocycles. The highest BCUT2D eigenvalue weighted by Gasteiger charge is 2.30. The van der Waals surface area contributed by atoms with E-state index in [9.17, 15) is 13.2 Å². The summed E-state index contributed by atoms with van der Waals surface area (Å²) in [6.07, 6.45) is 0. The number of carbonyl (C=O) groups excluding carboxylic acids is 1. The summed E-state index contributed by atoms with van der Waals surface area (Å²) in [5, 5.41) is 2.94. The van der Waals surface area contributed by atoms with Gasteiger partial charge >= 0.3 is 0 Å². The lowest BCUT2D eigenvalue weighted by Crippen LogP contribution is -2.50. The predicted octanol–water partition coefficient (Wildman–Crippen LogP) is 2.02. The molecule has 2 aliphatic rings. The molecular formula is C22H27N3O5S. The number of benzene rings is 2. The van der Waals surface area contributed by atoms with Crippen molar-refractivity contribution < 1.29 is 22.7 Å². The lowest BCUT2D eigenvalue weighted by atomic mass is 10.1. The minimum Gasteiger partial charge on any atom is -0.486 e. The highest BCUT2D eigenvalue weighted by Crippen LogP contribution is 2.33. The molecule has 0 saturated carbocycles. The maximum atomic E-state index is 13.0. The average Bonchev–Trinajstić information content (AvgIpc) is 2.76. The maximum absolute atomic E-state index is 13.0. The molecule has 8 nitrogen and oxygen atoms in total. The Kier molecular flexibility index (Phi) is 6.17. The maximum Gasteiger partial charge on any atom is 0.243 e. The van der Waals surface area contributed by atoms with E-state index in [4.69, 9.17) is 9.47 Å². The summed E-state index contributed by atoms with van der Waals surface area (Å²) < 4.78 is 38.5. The second kappa shape index (κ2) is 8.86. The molecule has 2 aliphatic heterocycles. The highest BCUT2D eigenvalue weighted by atomic mass is 32.2. The van der Waals surface area contributed by atoms with Crippen molar-refractivity contribution in [1.82, 2.24) is 9.21 Å². The molecule has 0 radical (unpaired) electrons. The molecule has 2 aromatic rings. The van der Waals surface area contributed by atoms with Crippen molar-refractivity contribution >= 4 is 21.6 Å². The first-order valence-corrected chi connectivity index (χ1v) is 11.8. The van der Waals surface area contributed by atoms with Crippen molar-refractivity contribution in [2.24, 2.45) is 0 Å². The first-order valence-electron chi connectivity index (χ1n) is 10.3. The fourth-order valence-corrected chi connectivity index (χ4v) is 5.25. The molecule has 1 amide bonds. The number of sulfonamides is 1. The van der Waals surface area contributed by atoms with Crippen molar-refractivity contribution in [2.75, 3.05) is 51.3 Å². The van der Waals surface area contributed by atoms with Crippen LogP contribution in [0.1, 0.15) is 11.1 Å². The summed E-state index contributed by atoms with van der Waals surface area (Å²) in [6.45, 7) is 6.69. The molecule has 1 fully saturated rings. The van der Waals surface area contributed by atoms with E-state index in [1.54, 1.807) is 12.1 Å². The van der Waals surface area contributed by atoms with Crippen molar-refractivity contribution in [3.63, 3.8) is 0 Å². The van der Waals surface area contributed by atoms with Gasteiger partial charge in [-0.2, -0.15) is 4.31 Å². The Hall–Kier alpha value is -2.62. The molecule has 31 heavy (non-hydrogen) atoms. The molecule has 0 unspecified atom stereocenters. The summed E-state index contributed by atoms with van der Waals surface area (Å²) in [6, 6.07) is 10.6. The van der Waals surface area contributed by atoms with Gasteiger partial charge in [0.25, 0.3) is 0 Å². The number of rotatable bonds is 5. The number of hydrogen-bond acceptors (Lipinski definition) is 6. The van der Waals surface area contributed by atoms with Crippen molar-refractivity contribution in [3.8, 4) is 11.5 Å². The Balaban J connectivity index is 1.34. The number of piperazine rings is 1. The molecule has 0 atom stereocenters. The number of nitrogens with one attached hydrogen (secondary N) is 1. The quantitative estimate of drug-likeness (QED) is 0.758. The van der Waals surface area contributed by atoms with E-state index in [0.29, 0.717) is 50.9 Å². The zero-order valence-corrected chi connectivity index (χ0v) is 18.6. The summed E-state index contributed by atoms with van der Waals surface area (Å²) in [5.74, 6) is 0.911. The van der Waals surface area contributed by atoms with Crippen molar-refractivity contribution in [1.29, 1.82) is 0 Å². The summed E-state index contributed by atoms with van der Waals surface area (Å²) in [7, 11) is -3.64. The van der Waals surface area contributed by atoms with E-state index in [-0.39, 0.29) is 17.3 Å². The van der Waals surface area contributed by atoms with E-state index in [0.717, 1.165) is 16.8 Å². The number of hydrogen-bond donors (Lipinski definition) is 1. The van der Waals surface area contributed by atoms with Crippen LogP contribution in [0.3, 0.4) is 0 Å². The molecule has 4 rings (SSSR count). The van der Waals surface area contributed by atoms with Crippen molar-refractivity contribution in [2.45, 2.75) is 18.7 Å². The topological polar surface area (TPSA) is 88.2 Å². The van der Waals surface area contributed by atoms with Gasteiger partial charge in [-0.3, -0.25) is 9.69 Å². The van der Waals surface area contributed by atoms with E-state index in [1.807, 2.05) is 36.9 Å². The van der Waals surface area contributed by atoms with Crippen LogP contribution in [-0.4, -0.2) is 69.5 Å². The minimum atomic E-state index is -3.64. The van der Waals surface area contributed by atoms with Crippen LogP contribution in [0.2, 0.25) is 0 Å². The zero-order chi connectivity index (χ0) is 22.0. The van der Waals surface area contributed by atoms with Crippen molar-refractivity contribution in [3.05, 3.63) is 47.5 Å². The van der Waals surface area contributed by atoms with Gasteiger partial charge in [-0.15, -0.1) is 0 Å². The predicted molar refractivity (Wildman–Crippen MR) is 117 cm³/mol. The number of aryl methyl sites for hydroxylation is 2. The zero-order valence-electron chi connectivity index (χ0n) is 17.8. The lowest BCUT2D eigenvalue weighted by Gasteiger charge is -2.33. The number of ether oxygens (including phenoxy) is 2. The molecule has 0 bridgehead atoms. The lowest BCUT2D eigenvalue weighted by molar-refractivity contribution is -0.117. The van der Waals surface area contributed by atoms with Crippen LogP contribution in [0.5, 0.6) is 11.5 Å². The molecule has 166 valence electrons. The average molecular weight is 446 g/mol. The highest BCUT2D eigenvalue weighted by molar-refractivity contribution is 7.89. The Bertz CT molecular complexity index is 1080. The standard InChI is InChI=1S/C22H27N3O5S/c1-16-3-5-19(17(2)13-16)23-22(26)15-24-7-9-25(10-8-24)31(27,28)18-4-6-20-21(14-18)30-12-11-29-20/h3-6,13-14H,7-12,15H2,1-2H3,(H,23,26). The van der Waals surface area contributed by atoms with Crippen LogP contribution in [0.15, 0.2) is 41.3 Å². The van der Waals surface area contributed by atoms with E-state index < -0.39 is 10.0 Å². The van der Waals surface area contributed by atoms with Gasteiger partial charge in [0.15, 0.2) is 11.5 Å². The fraction of sp³-hybridized carbons (Fsp3) is 0.409. The second-order valence-electron chi connectivity index (χ2n) is 7.85. The van der Waals surface area contributed by atoms with Gasteiger partial charge in [-0.05, 0) is 37.6 Å². The Morgan fingerprint density at radius 2 is 1.68 bits per heavy atom. The van der Waals surface area contributed by atoms with Crippen LogP contribution in [0.25, 0.3) is 0 Å². The van der Waals surface area contributed by atoms with Gasteiger partial charge < -0.3 is 14.8 Å². The number of fused-ring (bicyclic) bond motifs is 1. The van der Waals surface area contributed by atoms with Gasteiger partial charge in [-0.25, -0.2) is 8.42 Å². The minimum absolute atomic E-state index is 0.102. The Morgan fingerprint density at radius 3 is 2.39 bits per heavy atom. The number of anilines is 1. The van der Waals surface area contributed by atoms with E-state index in [1.165, 1.54) is 10.4 Å². The number of nitrogens with zero attached hydrogens (tertiary/aromatic N) is 2. The molecular weight excluding hydrogens is 418 g/mol. The van der Waals surface area contributed by atoms with Gasteiger partial charge in [0.1, 0.15) is 13.2 Å². The Labute approximate surface area is 182 Å². The summed E-state index contributed by atoms with van der Waals surface area (Å²) in [5.41, 5.74) is 2.96. The third kappa shape index (κ3) is 4.84. The Morgan fingerprint density at radius 1 is 0.968 bits per heavy atom. The van der Waals surface area contributed by atoms with Crippen LogP contribution >= 0.6 is 0 Å². The summed E-state index contributed by atoms with van der Waals surface area (Å²) in [4.78, 5) is 14.6. The molecule has 2 aromatic carbocycles. The van der Waals surface area contributed by atoms with Crippen LogP contribution in [0.4, 0.5) is 5.69 Å². The van der Waals surface area contributed by atoms with Crippen LogP contribution in [-0.2, 0) is 14.8 Å². The summed E-state index contributed by atoms with van der Waals surface area (Å²) >= 11 is 0. The van der Waals surface area contributed by atoms with Gasteiger partial charge in [0.05, 0.1) is 11.4 Å². The molecule has 0 aliphatic carbocycles. The third-order valence-corrected chi connectivity index (χ3v) is 7.40. The normalized spacial score (nSPS) is 17.4. The number of carbonyl (C=O) groups is 1. The largest absolute Gasteiger partial charge is 0.486 e. The van der Waals surface area contributed by atoms with E-state index >= 15 is 0 Å². The van der Waals surface area contributed by atoms with E-state index in [2.05, 4.69) is 5.32 Å². The molecule has 9 heteroatoms. The molecule has 2 heterocycles. The SMILES string of the molecule is Cc1ccc(NC(=O)CN2CCN(S(=O)(=O)c3ccc4c(c3)OCCO4)CC2)c(C)c1. The smallest absolute Gasteiger partial charge is 0.243 e. The monoisotopic (exact) mass is 445 g/mol. The van der Waals surface area contributed by atoms with Crippen LogP contribution in [0, 0.1) is 13.8 Å². The molecule has 0 aromatic heterocycles. The first kappa shape index (κ1) is 21.6. The van der Waals surface area contributed by atoms with Gasteiger partial charge in [-0.1, -0.05) is 17.7 Å². The first-order chi connectivity index (χ1) is 14.8. The third-order valence-electron chi connectivity index (χ3n) is 5.51. The van der Waals surface area contributed by atoms with Crippen LogP contribution < -0.4 is 14.8 Å². The van der Waals surface area contributed by atoms with Gasteiger partial charge in [0.2, 0.25) is 15.9 Å².